The lowest BCUT2D eigenvalue weighted by Gasteiger charge is -2.07. The van der Waals surface area contributed by atoms with Crippen molar-refractivity contribution in [3.05, 3.63) is 83.1 Å². The number of amides is 1. The molecule has 7 nitrogen and oxygen atoms in total. The van der Waals surface area contributed by atoms with Gasteiger partial charge < -0.3 is 9.73 Å². The van der Waals surface area contributed by atoms with Gasteiger partial charge >= 0.3 is 5.76 Å². The second-order valence-corrected chi connectivity index (χ2v) is 6.14. The standard InChI is InChI=1S/C20H18N4O3/c25-19(14-23-17-4-1-2-5-18(17)27-20(23)26)21-12-10-15-6-8-16(9-7-15)24-13-3-11-22-24/h1-9,11,13H,10,12,14H2,(H,21,25). The summed E-state index contributed by atoms with van der Waals surface area (Å²) in [6, 6.07) is 16.9. The lowest BCUT2D eigenvalue weighted by Crippen LogP contribution is -2.32. The molecule has 136 valence electrons. The normalized spacial score (nSPS) is 11.0. The first-order chi connectivity index (χ1) is 13.2. The molecule has 0 fully saturated rings. The molecule has 0 atom stereocenters. The highest BCUT2D eigenvalue weighted by molar-refractivity contribution is 5.79. The van der Waals surface area contributed by atoms with Gasteiger partial charge in [0.2, 0.25) is 5.91 Å². The van der Waals surface area contributed by atoms with Crippen LogP contribution in [0.25, 0.3) is 16.8 Å². The summed E-state index contributed by atoms with van der Waals surface area (Å²) >= 11 is 0. The SMILES string of the molecule is O=C(Cn1c(=O)oc2ccccc21)NCCc1ccc(-n2cccn2)cc1. The Balaban J connectivity index is 1.33. The molecule has 0 saturated heterocycles. The Morgan fingerprint density at radius 2 is 1.89 bits per heavy atom. The third-order valence-electron chi connectivity index (χ3n) is 4.32. The van der Waals surface area contributed by atoms with Crippen molar-refractivity contribution in [3.63, 3.8) is 0 Å². The number of fused-ring (bicyclic) bond motifs is 1. The number of para-hydroxylation sites is 2. The van der Waals surface area contributed by atoms with E-state index >= 15 is 0 Å². The number of nitrogens with one attached hydrogen (secondary N) is 1. The van der Waals surface area contributed by atoms with Gasteiger partial charge in [-0.1, -0.05) is 24.3 Å². The maximum Gasteiger partial charge on any atom is 0.420 e. The quantitative estimate of drug-likeness (QED) is 0.570. The van der Waals surface area contributed by atoms with E-state index in [4.69, 9.17) is 4.42 Å². The van der Waals surface area contributed by atoms with Crippen molar-refractivity contribution in [1.29, 1.82) is 0 Å². The summed E-state index contributed by atoms with van der Waals surface area (Å²) in [5.41, 5.74) is 3.19. The topological polar surface area (TPSA) is 82.1 Å². The van der Waals surface area contributed by atoms with Crippen molar-refractivity contribution in [3.8, 4) is 5.69 Å². The highest BCUT2D eigenvalue weighted by Crippen LogP contribution is 2.11. The van der Waals surface area contributed by atoms with Gasteiger partial charge in [0.25, 0.3) is 0 Å². The summed E-state index contributed by atoms with van der Waals surface area (Å²) in [6.07, 6.45) is 4.32. The molecule has 2 aromatic heterocycles. The van der Waals surface area contributed by atoms with Gasteiger partial charge in [-0.05, 0) is 42.3 Å². The second-order valence-electron chi connectivity index (χ2n) is 6.14. The molecule has 1 N–H and O–H groups in total. The molecule has 0 aliphatic rings. The van der Waals surface area contributed by atoms with Crippen molar-refractivity contribution < 1.29 is 9.21 Å². The minimum Gasteiger partial charge on any atom is -0.408 e. The van der Waals surface area contributed by atoms with Gasteiger partial charge in [0.1, 0.15) is 6.54 Å². The lowest BCUT2D eigenvalue weighted by atomic mass is 10.1. The predicted molar refractivity (Wildman–Crippen MR) is 101 cm³/mol. The van der Waals surface area contributed by atoms with Crippen LogP contribution in [0, 0.1) is 0 Å². The molecular weight excluding hydrogens is 344 g/mol. The Morgan fingerprint density at radius 1 is 1.07 bits per heavy atom. The summed E-state index contributed by atoms with van der Waals surface area (Å²) in [5, 5.41) is 7.04. The first-order valence-corrected chi connectivity index (χ1v) is 8.65. The van der Waals surface area contributed by atoms with Crippen molar-refractivity contribution >= 4 is 17.0 Å². The van der Waals surface area contributed by atoms with Crippen LogP contribution in [0.5, 0.6) is 0 Å². The van der Waals surface area contributed by atoms with Gasteiger partial charge in [-0.15, -0.1) is 0 Å². The zero-order valence-corrected chi connectivity index (χ0v) is 14.5. The Labute approximate surface area is 154 Å². The van der Waals surface area contributed by atoms with Crippen molar-refractivity contribution in [2.45, 2.75) is 13.0 Å². The fraction of sp³-hybridized carbons (Fsp3) is 0.150. The third-order valence-corrected chi connectivity index (χ3v) is 4.32. The number of carbonyl (C=O) groups is 1. The van der Waals surface area contributed by atoms with E-state index in [0.29, 0.717) is 24.1 Å². The van der Waals surface area contributed by atoms with Crippen molar-refractivity contribution in [2.75, 3.05) is 6.54 Å². The Hall–Kier alpha value is -3.61. The summed E-state index contributed by atoms with van der Waals surface area (Å²) in [4.78, 5) is 24.1. The van der Waals surface area contributed by atoms with E-state index in [-0.39, 0.29) is 12.5 Å². The maximum absolute atomic E-state index is 12.2. The highest BCUT2D eigenvalue weighted by Gasteiger charge is 2.11. The fourth-order valence-electron chi connectivity index (χ4n) is 2.95. The molecule has 0 aliphatic carbocycles. The summed E-state index contributed by atoms with van der Waals surface area (Å²) in [7, 11) is 0. The van der Waals surface area contributed by atoms with Crippen LogP contribution in [-0.4, -0.2) is 26.8 Å². The molecule has 0 bridgehead atoms. The van der Waals surface area contributed by atoms with Crippen LogP contribution in [-0.2, 0) is 17.8 Å². The first-order valence-electron chi connectivity index (χ1n) is 8.65. The average Bonchev–Trinajstić information content (AvgIpc) is 3.31. The lowest BCUT2D eigenvalue weighted by molar-refractivity contribution is -0.121. The number of hydrogen-bond donors (Lipinski definition) is 1. The third kappa shape index (κ3) is 3.67. The molecular formula is C20H18N4O3. The van der Waals surface area contributed by atoms with Gasteiger partial charge in [0.15, 0.2) is 5.58 Å². The van der Waals surface area contributed by atoms with E-state index in [1.165, 1.54) is 4.57 Å². The van der Waals surface area contributed by atoms with Gasteiger partial charge in [-0.25, -0.2) is 9.48 Å². The minimum absolute atomic E-state index is 0.0614. The molecule has 0 radical (unpaired) electrons. The molecule has 0 aliphatic heterocycles. The number of rotatable bonds is 6. The summed E-state index contributed by atoms with van der Waals surface area (Å²) in [6.45, 7) is 0.429. The Bertz CT molecular complexity index is 1110. The molecule has 27 heavy (non-hydrogen) atoms. The zero-order valence-electron chi connectivity index (χ0n) is 14.5. The zero-order chi connectivity index (χ0) is 18.6. The van der Waals surface area contributed by atoms with Crippen LogP contribution in [0.2, 0.25) is 0 Å². The van der Waals surface area contributed by atoms with Crippen LogP contribution in [0.1, 0.15) is 5.56 Å². The Kier molecular flexibility index (Phi) is 4.57. The molecule has 2 aromatic carbocycles. The summed E-state index contributed by atoms with van der Waals surface area (Å²) < 4.78 is 8.26. The molecule has 4 aromatic rings. The van der Waals surface area contributed by atoms with E-state index in [2.05, 4.69) is 10.4 Å². The smallest absolute Gasteiger partial charge is 0.408 e. The van der Waals surface area contributed by atoms with Crippen LogP contribution >= 0.6 is 0 Å². The van der Waals surface area contributed by atoms with E-state index in [1.54, 1.807) is 35.1 Å². The maximum atomic E-state index is 12.2. The molecule has 0 spiro atoms. The first kappa shape index (κ1) is 16.8. The van der Waals surface area contributed by atoms with Crippen LogP contribution in [0.15, 0.2) is 76.2 Å². The van der Waals surface area contributed by atoms with Crippen LogP contribution in [0.4, 0.5) is 0 Å². The predicted octanol–water partition coefficient (Wildman–Crippen LogP) is 2.14. The summed E-state index contributed by atoms with van der Waals surface area (Å²) in [5.74, 6) is -0.752. The van der Waals surface area contributed by atoms with Gasteiger partial charge in [0, 0.05) is 18.9 Å². The van der Waals surface area contributed by atoms with Gasteiger partial charge in [0.05, 0.1) is 11.2 Å². The van der Waals surface area contributed by atoms with Crippen LogP contribution < -0.4 is 11.1 Å². The number of benzene rings is 2. The number of hydrogen-bond acceptors (Lipinski definition) is 4. The molecule has 1 amide bonds. The van der Waals surface area contributed by atoms with E-state index < -0.39 is 5.76 Å². The monoisotopic (exact) mass is 362 g/mol. The Morgan fingerprint density at radius 3 is 2.67 bits per heavy atom. The van der Waals surface area contributed by atoms with E-state index in [9.17, 15) is 9.59 Å². The minimum atomic E-state index is -0.527. The van der Waals surface area contributed by atoms with E-state index in [0.717, 1.165) is 11.3 Å². The average molecular weight is 362 g/mol. The van der Waals surface area contributed by atoms with Crippen LogP contribution in [0.3, 0.4) is 0 Å². The molecule has 7 heteroatoms. The number of aromatic nitrogens is 3. The second kappa shape index (κ2) is 7.33. The molecule has 4 rings (SSSR count). The fourth-order valence-corrected chi connectivity index (χ4v) is 2.95. The van der Waals surface area contributed by atoms with Crippen molar-refractivity contribution in [2.24, 2.45) is 0 Å². The molecule has 0 saturated carbocycles. The van der Waals surface area contributed by atoms with E-state index in [1.807, 2.05) is 36.5 Å². The highest BCUT2D eigenvalue weighted by atomic mass is 16.4. The van der Waals surface area contributed by atoms with Gasteiger partial charge in [-0.2, -0.15) is 5.10 Å². The largest absolute Gasteiger partial charge is 0.420 e. The molecule has 0 unspecified atom stereocenters. The van der Waals surface area contributed by atoms with Gasteiger partial charge in [-0.3, -0.25) is 9.36 Å². The number of oxazole rings is 1. The van der Waals surface area contributed by atoms with Crippen molar-refractivity contribution in [1.82, 2.24) is 19.7 Å². The number of carbonyl (C=O) groups excluding carboxylic acids is 1. The number of nitrogens with zero attached hydrogens (tertiary/aromatic N) is 3. The molecule has 2 heterocycles.